The second-order valence-corrected chi connectivity index (χ2v) is 8.60. The number of carbonyl (C=O) groups is 1. The van der Waals surface area contributed by atoms with Gasteiger partial charge in [-0.1, -0.05) is 17.7 Å². The molecular weight excluding hydrogens is 489 g/mol. The van der Waals surface area contributed by atoms with Gasteiger partial charge in [0.2, 0.25) is 6.41 Å². The van der Waals surface area contributed by atoms with Crippen LogP contribution < -0.4 is 16.1 Å². The van der Waals surface area contributed by atoms with Crippen LogP contribution in [0.2, 0.25) is 5.02 Å². The summed E-state index contributed by atoms with van der Waals surface area (Å²) in [6, 6.07) is 9.81. The molecule has 7 nitrogen and oxygen atoms in total. The summed E-state index contributed by atoms with van der Waals surface area (Å²) in [5.74, 6) is 0.523. The summed E-state index contributed by atoms with van der Waals surface area (Å²) >= 11 is 7.60. The molecule has 0 aliphatic heterocycles. The Morgan fingerprint density at radius 1 is 1.03 bits per heavy atom. The van der Waals surface area contributed by atoms with Gasteiger partial charge >= 0.3 is 6.18 Å². The minimum atomic E-state index is -4.59. The van der Waals surface area contributed by atoms with E-state index < -0.39 is 11.9 Å². The van der Waals surface area contributed by atoms with Crippen molar-refractivity contribution < 1.29 is 18.0 Å². The fourth-order valence-corrected chi connectivity index (χ4v) is 3.86. The lowest BCUT2D eigenvalue weighted by molar-refractivity contribution is -0.141. The first-order valence-corrected chi connectivity index (χ1v) is 11.5. The van der Waals surface area contributed by atoms with Crippen LogP contribution in [-0.4, -0.2) is 34.7 Å². The zero-order valence-electron chi connectivity index (χ0n) is 18.7. The highest BCUT2D eigenvalue weighted by molar-refractivity contribution is 7.98. The third-order valence-electron chi connectivity index (χ3n) is 4.77. The molecule has 0 aliphatic rings. The van der Waals surface area contributed by atoms with Crippen molar-refractivity contribution in [1.29, 1.82) is 0 Å². The lowest BCUT2D eigenvalue weighted by atomic mass is 10.2. The Kier molecular flexibility index (Phi) is 7.78. The van der Waals surface area contributed by atoms with Crippen LogP contribution >= 0.6 is 23.4 Å². The molecule has 12 heteroatoms. The van der Waals surface area contributed by atoms with Crippen molar-refractivity contribution >= 4 is 58.6 Å². The van der Waals surface area contributed by atoms with Crippen molar-refractivity contribution in [2.24, 2.45) is 0 Å². The molecular formula is C22H22ClF3N6OS. The molecule has 0 aliphatic carbocycles. The first kappa shape index (κ1) is 25.4. The van der Waals surface area contributed by atoms with Crippen LogP contribution in [0.4, 0.5) is 42.0 Å². The number of nitrogens with zero attached hydrogens (tertiary/aromatic N) is 3. The Hall–Kier alpha value is -3.18. The molecule has 0 unspecified atom stereocenters. The van der Waals surface area contributed by atoms with Gasteiger partial charge < -0.3 is 10.6 Å². The van der Waals surface area contributed by atoms with Crippen LogP contribution in [0.5, 0.6) is 0 Å². The van der Waals surface area contributed by atoms with Gasteiger partial charge in [0.15, 0.2) is 5.82 Å². The minimum absolute atomic E-state index is 0.0135. The normalized spacial score (nSPS) is 11.2. The number of nitrogens with one attached hydrogen (secondary N) is 3. The van der Waals surface area contributed by atoms with Gasteiger partial charge in [-0.2, -0.15) is 13.2 Å². The number of carbonyl (C=O) groups excluding carboxylic acids is 1. The zero-order chi connectivity index (χ0) is 25.0. The fraction of sp³-hybridized carbons (Fsp3) is 0.227. The molecule has 3 rings (SSSR count). The number of rotatable bonds is 8. The van der Waals surface area contributed by atoms with Gasteiger partial charge in [-0.15, -0.1) is 11.8 Å². The van der Waals surface area contributed by atoms with Crippen molar-refractivity contribution in [1.82, 2.24) is 15.0 Å². The summed E-state index contributed by atoms with van der Waals surface area (Å²) in [5.41, 5.74) is 3.94. The van der Waals surface area contributed by atoms with Gasteiger partial charge in [-0.05, 0) is 49.9 Å². The number of anilines is 5. The van der Waals surface area contributed by atoms with Crippen molar-refractivity contribution in [3.05, 3.63) is 58.2 Å². The Morgan fingerprint density at radius 2 is 1.76 bits per heavy atom. The first-order valence-electron chi connectivity index (χ1n) is 9.90. The van der Waals surface area contributed by atoms with Crippen LogP contribution in [0.25, 0.3) is 0 Å². The molecule has 1 aromatic carbocycles. The van der Waals surface area contributed by atoms with Crippen molar-refractivity contribution in [2.75, 3.05) is 29.4 Å². The predicted molar refractivity (Wildman–Crippen MR) is 130 cm³/mol. The average molecular weight is 511 g/mol. The highest BCUT2D eigenvalue weighted by Gasteiger charge is 2.34. The molecule has 0 saturated heterocycles. The lowest BCUT2D eigenvalue weighted by Gasteiger charge is -2.20. The number of thioether (sulfide) groups is 1. The van der Waals surface area contributed by atoms with Crippen molar-refractivity contribution in [3.63, 3.8) is 0 Å². The van der Waals surface area contributed by atoms with E-state index in [4.69, 9.17) is 11.6 Å². The number of amides is 1. The molecule has 1 amide bonds. The third-order valence-corrected chi connectivity index (χ3v) is 5.78. The zero-order valence-corrected chi connectivity index (χ0v) is 20.3. The number of hydrogen-bond donors (Lipinski definition) is 3. The number of hydrazine groups is 1. The quantitative estimate of drug-likeness (QED) is 0.184. The summed E-state index contributed by atoms with van der Waals surface area (Å²) in [7, 11) is 1.50. The van der Waals surface area contributed by atoms with Gasteiger partial charge in [-0.3, -0.25) is 15.2 Å². The van der Waals surface area contributed by atoms with Crippen LogP contribution in [0, 0.1) is 13.8 Å². The number of aromatic nitrogens is 2. The van der Waals surface area contributed by atoms with Crippen LogP contribution in [0.15, 0.2) is 41.3 Å². The topological polar surface area (TPSA) is 82.2 Å². The summed E-state index contributed by atoms with van der Waals surface area (Å²) in [6.45, 7) is 3.14. The molecule has 3 N–H and O–H groups in total. The van der Waals surface area contributed by atoms with E-state index in [1.54, 1.807) is 19.1 Å². The van der Waals surface area contributed by atoms with E-state index in [9.17, 15) is 18.0 Å². The molecule has 0 saturated carbocycles. The average Bonchev–Trinajstić information content (AvgIpc) is 2.78. The molecule has 2 heterocycles. The number of hydrogen-bond acceptors (Lipinski definition) is 7. The summed E-state index contributed by atoms with van der Waals surface area (Å²) < 4.78 is 39.9. The molecule has 0 fully saturated rings. The molecule has 0 spiro atoms. The van der Waals surface area contributed by atoms with E-state index in [1.165, 1.54) is 42.9 Å². The van der Waals surface area contributed by atoms with Gasteiger partial charge in [0.05, 0.1) is 5.69 Å². The number of alkyl halides is 3. The predicted octanol–water partition coefficient (Wildman–Crippen LogP) is 6.39. The molecule has 34 heavy (non-hydrogen) atoms. The minimum Gasteiger partial charge on any atom is -0.354 e. The number of pyridine rings is 2. The fourth-order valence-electron chi connectivity index (χ4n) is 3.04. The van der Waals surface area contributed by atoms with Gasteiger partial charge in [0.25, 0.3) is 0 Å². The van der Waals surface area contributed by atoms with Crippen molar-refractivity contribution in [2.45, 2.75) is 24.9 Å². The maximum Gasteiger partial charge on any atom is 0.433 e. The second-order valence-electron chi connectivity index (χ2n) is 7.31. The Morgan fingerprint density at radius 3 is 2.41 bits per heavy atom. The highest BCUT2D eigenvalue weighted by Crippen LogP contribution is 2.35. The maximum atomic E-state index is 13.3. The van der Waals surface area contributed by atoms with Crippen LogP contribution in [0.1, 0.15) is 16.8 Å². The first-order chi connectivity index (χ1) is 16.0. The number of aryl methyl sites for hydroxylation is 1. The largest absolute Gasteiger partial charge is 0.433 e. The Labute approximate surface area is 204 Å². The molecule has 0 radical (unpaired) electrons. The van der Waals surface area contributed by atoms with Gasteiger partial charge in [0, 0.05) is 34.3 Å². The lowest BCUT2D eigenvalue weighted by Crippen LogP contribution is -2.24. The number of benzene rings is 1. The SMILES string of the molecule is CSc1cc(Cl)ccc1Nc1cc(Nc2ccc(C)c(C(F)(F)F)n2)nc(NN(C)C=O)c1C. The Balaban J connectivity index is 2.04. The highest BCUT2D eigenvalue weighted by atomic mass is 35.5. The second kappa shape index (κ2) is 10.4. The third kappa shape index (κ3) is 6.03. The molecule has 180 valence electrons. The smallest absolute Gasteiger partial charge is 0.354 e. The maximum absolute atomic E-state index is 13.3. The monoisotopic (exact) mass is 510 g/mol. The number of halogens is 4. The van der Waals surface area contributed by atoms with E-state index in [0.717, 1.165) is 10.6 Å². The molecule has 0 atom stereocenters. The Bertz CT molecular complexity index is 1210. The van der Waals surface area contributed by atoms with E-state index in [-0.39, 0.29) is 17.2 Å². The van der Waals surface area contributed by atoms with Crippen LogP contribution in [0.3, 0.4) is 0 Å². The molecule has 0 bridgehead atoms. The standard InChI is InChI=1S/C22H22ClF3N6OS/c1-12-5-8-18(29-20(12)22(24,25)26)28-19-10-16(13(2)21(30-19)31-32(3)11-33)27-15-7-6-14(23)9-17(15)34-4/h5-11H,1-4H3,(H3,27,28,29,30,31). The van der Waals surface area contributed by atoms with Crippen molar-refractivity contribution in [3.8, 4) is 0 Å². The van der Waals surface area contributed by atoms with E-state index in [1.807, 2.05) is 18.4 Å². The van der Waals surface area contributed by atoms with E-state index in [0.29, 0.717) is 28.5 Å². The van der Waals surface area contributed by atoms with Gasteiger partial charge in [-0.25, -0.2) is 9.97 Å². The van der Waals surface area contributed by atoms with E-state index >= 15 is 0 Å². The summed E-state index contributed by atoms with van der Waals surface area (Å²) in [6.07, 6.45) is -2.11. The van der Waals surface area contributed by atoms with Gasteiger partial charge in [0.1, 0.15) is 17.3 Å². The molecule has 3 aromatic rings. The summed E-state index contributed by atoms with van der Waals surface area (Å²) in [4.78, 5) is 20.2. The van der Waals surface area contributed by atoms with E-state index in [2.05, 4.69) is 26.0 Å². The molecule has 2 aromatic heterocycles. The summed E-state index contributed by atoms with van der Waals surface area (Å²) in [5, 5.41) is 7.90. The van der Waals surface area contributed by atoms with Crippen LogP contribution in [-0.2, 0) is 11.0 Å².